The average Bonchev–Trinajstić information content (AvgIpc) is 2.82. The van der Waals surface area contributed by atoms with E-state index in [2.05, 4.69) is 11.1 Å². The summed E-state index contributed by atoms with van der Waals surface area (Å²) in [6.07, 6.45) is 0. The molecule has 2 rings (SSSR count). The highest BCUT2D eigenvalue weighted by molar-refractivity contribution is 7.22. The average molecular weight is 288 g/mol. The van der Waals surface area contributed by atoms with Gasteiger partial charge in [0.2, 0.25) is 0 Å². The van der Waals surface area contributed by atoms with Crippen LogP contribution >= 0.6 is 11.3 Å². The predicted molar refractivity (Wildman–Crippen MR) is 80.4 cm³/mol. The Hall–Kier alpha value is -2.13. The van der Waals surface area contributed by atoms with E-state index in [9.17, 15) is 4.79 Å². The summed E-state index contributed by atoms with van der Waals surface area (Å²) in [4.78, 5) is 18.3. The number of anilines is 1. The minimum atomic E-state index is -0.179. The molecule has 1 aromatic carbocycles. The molecule has 2 aromatic rings. The molecule has 1 atom stereocenters. The van der Waals surface area contributed by atoms with E-state index < -0.39 is 0 Å². The number of rotatable bonds is 4. The molecule has 0 aliphatic rings. The number of nitrogens with zero attached hydrogens (tertiary/aromatic N) is 3. The Morgan fingerprint density at radius 2 is 2.35 bits per heavy atom. The maximum Gasteiger partial charge on any atom is 0.253 e. The zero-order chi connectivity index (χ0) is 14.7. The number of nitrogen functional groups attached to an aromatic ring is 1. The highest BCUT2D eigenvalue weighted by Gasteiger charge is 2.17. The third-order valence-electron chi connectivity index (χ3n) is 3.04. The van der Waals surface area contributed by atoms with Crippen LogP contribution in [0.5, 0.6) is 0 Å². The van der Waals surface area contributed by atoms with Crippen LogP contribution in [0.2, 0.25) is 0 Å². The molecule has 0 radical (unpaired) electrons. The maximum atomic E-state index is 12.4. The normalized spacial score (nSPS) is 12.1. The van der Waals surface area contributed by atoms with Crippen LogP contribution in [0.3, 0.4) is 0 Å². The van der Waals surface area contributed by atoms with E-state index in [1.165, 1.54) is 11.3 Å². The first-order valence-corrected chi connectivity index (χ1v) is 7.21. The second-order valence-electron chi connectivity index (χ2n) is 4.61. The van der Waals surface area contributed by atoms with Crippen molar-refractivity contribution in [2.45, 2.75) is 13.8 Å². The van der Waals surface area contributed by atoms with Gasteiger partial charge in [-0.15, -0.1) is 0 Å². The van der Waals surface area contributed by atoms with Crippen molar-refractivity contribution in [3.8, 4) is 6.07 Å². The van der Waals surface area contributed by atoms with E-state index in [0.717, 1.165) is 10.2 Å². The lowest BCUT2D eigenvalue weighted by Gasteiger charge is -2.22. The Bertz CT molecular complexity index is 673. The third kappa shape index (κ3) is 2.89. The van der Waals surface area contributed by atoms with Crippen molar-refractivity contribution >= 4 is 32.6 Å². The number of fused-ring (bicyclic) bond motifs is 1. The van der Waals surface area contributed by atoms with Crippen molar-refractivity contribution < 1.29 is 4.79 Å². The maximum absolute atomic E-state index is 12.4. The minimum Gasteiger partial charge on any atom is -0.375 e. The van der Waals surface area contributed by atoms with Gasteiger partial charge in [0.15, 0.2) is 5.13 Å². The van der Waals surface area contributed by atoms with Gasteiger partial charge >= 0.3 is 0 Å². The zero-order valence-electron chi connectivity index (χ0n) is 11.5. The lowest BCUT2D eigenvalue weighted by molar-refractivity contribution is 0.0753. The Labute approximate surface area is 121 Å². The Balaban J connectivity index is 2.27. The number of hydrogen-bond acceptors (Lipinski definition) is 5. The molecule has 20 heavy (non-hydrogen) atoms. The van der Waals surface area contributed by atoms with Crippen LogP contribution < -0.4 is 5.73 Å². The van der Waals surface area contributed by atoms with Gasteiger partial charge in [-0.3, -0.25) is 4.79 Å². The fourth-order valence-corrected chi connectivity index (χ4v) is 2.76. The molecule has 0 aliphatic heterocycles. The van der Waals surface area contributed by atoms with Gasteiger partial charge in [-0.2, -0.15) is 5.26 Å². The van der Waals surface area contributed by atoms with Crippen molar-refractivity contribution in [2.24, 2.45) is 5.92 Å². The fourth-order valence-electron chi connectivity index (χ4n) is 1.99. The van der Waals surface area contributed by atoms with E-state index in [0.29, 0.717) is 23.8 Å². The molecule has 104 valence electrons. The topological polar surface area (TPSA) is 83.0 Å². The van der Waals surface area contributed by atoms with Crippen LogP contribution in [-0.4, -0.2) is 28.9 Å². The quantitative estimate of drug-likeness (QED) is 0.937. The molecule has 1 heterocycles. The van der Waals surface area contributed by atoms with Crippen molar-refractivity contribution in [1.29, 1.82) is 5.26 Å². The van der Waals surface area contributed by atoms with E-state index >= 15 is 0 Å². The van der Waals surface area contributed by atoms with Gasteiger partial charge in [-0.1, -0.05) is 11.3 Å². The molecule has 6 heteroatoms. The summed E-state index contributed by atoms with van der Waals surface area (Å²) in [5.41, 5.74) is 7.07. The second kappa shape index (κ2) is 5.88. The highest BCUT2D eigenvalue weighted by atomic mass is 32.1. The standard InChI is InChI=1S/C14H16N4OS/c1-3-18(8-9(2)7-15)13(19)10-4-5-11-12(6-10)20-14(16)17-11/h4-6,9H,3,8H2,1-2H3,(H2,16,17). The first-order valence-electron chi connectivity index (χ1n) is 6.40. The molecule has 1 aromatic heterocycles. The lowest BCUT2D eigenvalue weighted by atomic mass is 10.1. The lowest BCUT2D eigenvalue weighted by Crippen LogP contribution is -2.34. The van der Waals surface area contributed by atoms with Crippen LogP contribution in [-0.2, 0) is 0 Å². The molecule has 0 bridgehead atoms. The highest BCUT2D eigenvalue weighted by Crippen LogP contribution is 2.25. The smallest absolute Gasteiger partial charge is 0.253 e. The van der Waals surface area contributed by atoms with Crippen molar-refractivity contribution in [2.75, 3.05) is 18.8 Å². The molecule has 0 fully saturated rings. The van der Waals surface area contributed by atoms with Gasteiger partial charge in [-0.05, 0) is 32.0 Å². The summed E-state index contributed by atoms with van der Waals surface area (Å²) in [6, 6.07) is 7.52. The Morgan fingerprint density at radius 3 is 3.00 bits per heavy atom. The summed E-state index contributed by atoms with van der Waals surface area (Å²) < 4.78 is 0.901. The van der Waals surface area contributed by atoms with Crippen LogP contribution in [0.4, 0.5) is 5.13 Å². The molecule has 2 N–H and O–H groups in total. The number of carbonyl (C=O) groups is 1. The second-order valence-corrected chi connectivity index (χ2v) is 5.67. The van der Waals surface area contributed by atoms with E-state index in [-0.39, 0.29) is 11.8 Å². The molecule has 5 nitrogen and oxygen atoms in total. The van der Waals surface area contributed by atoms with Crippen molar-refractivity contribution in [3.63, 3.8) is 0 Å². The minimum absolute atomic E-state index is 0.0662. The van der Waals surface area contributed by atoms with Gasteiger partial charge in [0.25, 0.3) is 5.91 Å². The summed E-state index contributed by atoms with van der Waals surface area (Å²) in [5.74, 6) is -0.245. The Morgan fingerprint density at radius 1 is 1.60 bits per heavy atom. The van der Waals surface area contributed by atoms with Gasteiger partial charge in [-0.25, -0.2) is 4.98 Å². The number of carbonyl (C=O) groups excluding carboxylic acids is 1. The Kier molecular flexibility index (Phi) is 4.20. The monoisotopic (exact) mass is 288 g/mol. The summed E-state index contributed by atoms with van der Waals surface area (Å²) in [7, 11) is 0. The van der Waals surface area contributed by atoms with Crippen molar-refractivity contribution in [1.82, 2.24) is 9.88 Å². The largest absolute Gasteiger partial charge is 0.375 e. The summed E-state index contributed by atoms with van der Waals surface area (Å²) in [6.45, 7) is 4.73. The molecule has 1 unspecified atom stereocenters. The molecular weight excluding hydrogens is 272 g/mol. The number of amides is 1. The van der Waals surface area contributed by atoms with Gasteiger partial charge in [0, 0.05) is 18.7 Å². The third-order valence-corrected chi connectivity index (χ3v) is 3.88. The number of aromatic nitrogens is 1. The number of hydrogen-bond donors (Lipinski definition) is 1. The molecule has 0 spiro atoms. The summed E-state index contributed by atoms with van der Waals surface area (Å²) >= 11 is 1.37. The van der Waals surface area contributed by atoms with E-state index in [1.807, 2.05) is 19.9 Å². The molecule has 0 aliphatic carbocycles. The first-order chi connectivity index (χ1) is 9.55. The van der Waals surface area contributed by atoms with E-state index in [1.54, 1.807) is 17.0 Å². The van der Waals surface area contributed by atoms with Gasteiger partial charge in [0.05, 0.1) is 22.2 Å². The molecule has 1 amide bonds. The van der Waals surface area contributed by atoms with Crippen molar-refractivity contribution in [3.05, 3.63) is 23.8 Å². The zero-order valence-corrected chi connectivity index (χ0v) is 12.3. The van der Waals surface area contributed by atoms with Crippen LogP contribution in [0.25, 0.3) is 10.2 Å². The van der Waals surface area contributed by atoms with Crippen LogP contribution in [0.15, 0.2) is 18.2 Å². The predicted octanol–water partition coefficient (Wildman–Crippen LogP) is 2.50. The van der Waals surface area contributed by atoms with Gasteiger partial charge < -0.3 is 10.6 Å². The van der Waals surface area contributed by atoms with Crippen LogP contribution in [0, 0.1) is 17.2 Å². The van der Waals surface area contributed by atoms with Crippen LogP contribution in [0.1, 0.15) is 24.2 Å². The van der Waals surface area contributed by atoms with Gasteiger partial charge in [0.1, 0.15) is 0 Å². The molecule has 0 saturated heterocycles. The SMILES string of the molecule is CCN(CC(C)C#N)C(=O)c1ccc2nc(N)sc2c1. The number of nitriles is 1. The molecular formula is C14H16N4OS. The number of nitrogens with two attached hydrogens (primary N) is 1. The molecule has 0 saturated carbocycles. The fraction of sp³-hybridized carbons (Fsp3) is 0.357. The number of thiazole rings is 1. The van der Waals surface area contributed by atoms with E-state index in [4.69, 9.17) is 11.0 Å². The first kappa shape index (κ1) is 14.3. The number of benzene rings is 1. The summed E-state index contributed by atoms with van der Waals surface area (Å²) in [5, 5.41) is 9.36.